The van der Waals surface area contributed by atoms with Crippen molar-refractivity contribution >= 4 is 34.3 Å². The first-order valence-electron chi connectivity index (χ1n) is 10.8. The summed E-state index contributed by atoms with van der Waals surface area (Å²) in [5.74, 6) is 0.0686. The maximum absolute atomic E-state index is 12.4. The van der Waals surface area contributed by atoms with Crippen LogP contribution in [0.4, 0.5) is 14.5 Å². The summed E-state index contributed by atoms with van der Waals surface area (Å²) >= 11 is 5.68. The van der Waals surface area contributed by atoms with Crippen LogP contribution in [-0.2, 0) is 5.41 Å². The molecule has 0 saturated heterocycles. The summed E-state index contributed by atoms with van der Waals surface area (Å²) in [7, 11) is 0. The molecule has 0 aliphatic heterocycles. The third-order valence-corrected chi connectivity index (χ3v) is 5.81. The van der Waals surface area contributed by atoms with Crippen LogP contribution in [-0.4, -0.2) is 16.7 Å². The molecule has 0 saturated carbocycles. The Bertz CT molecular complexity index is 1200. The van der Waals surface area contributed by atoms with Gasteiger partial charge in [0.25, 0.3) is 5.70 Å². The number of thiocarbonyl (C=S) groups is 1. The van der Waals surface area contributed by atoms with Crippen molar-refractivity contribution in [3.8, 4) is 5.75 Å². The number of aromatic nitrogens is 1. The molecule has 4 nitrogen and oxygen atoms in total. The second kappa shape index (κ2) is 10.3. The van der Waals surface area contributed by atoms with Gasteiger partial charge in [-0.15, -0.1) is 0 Å². The molecule has 0 fully saturated rings. The molecule has 0 bridgehead atoms. The van der Waals surface area contributed by atoms with Gasteiger partial charge >= 0.3 is 6.61 Å². The zero-order valence-corrected chi connectivity index (χ0v) is 20.7. The van der Waals surface area contributed by atoms with Crippen molar-refractivity contribution in [3.05, 3.63) is 89.2 Å². The summed E-state index contributed by atoms with van der Waals surface area (Å²) in [6.07, 6.45) is 3.72. The quantitative estimate of drug-likeness (QED) is 0.175. The Kier molecular flexibility index (Phi) is 7.67. The van der Waals surface area contributed by atoms with Gasteiger partial charge in [-0.1, -0.05) is 45.1 Å². The molecule has 3 rings (SSSR count). The summed E-state index contributed by atoms with van der Waals surface area (Å²) in [6, 6.07) is 15.7. The summed E-state index contributed by atoms with van der Waals surface area (Å²) in [5, 5.41) is 14.4. The van der Waals surface area contributed by atoms with E-state index in [0.29, 0.717) is 16.9 Å². The van der Waals surface area contributed by atoms with E-state index in [-0.39, 0.29) is 21.9 Å². The molecule has 7 heteroatoms. The minimum absolute atomic E-state index is 0.0202. The number of hydrogen-bond donors (Lipinski definition) is 2. The number of aryl methyl sites for hydroxylation is 2. The predicted octanol–water partition coefficient (Wildman–Crippen LogP) is 6.81. The van der Waals surface area contributed by atoms with Gasteiger partial charge in [-0.3, -0.25) is 0 Å². The van der Waals surface area contributed by atoms with E-state index in [0.717, 1.165) is 16.7 Å². The minimum Gasteiger partial charge on any atom is -0.502 e. The first-order chi connectivity index (χ1) is 16.0. The lowest BCUT2D eigenvalue weighted by Crippen LogP contribution is -2.39. The monoisotopic (exact) mass is 483 g/mol. The van der Waals surface area contributed by atoms with Gasteiger partial charge in [-0.25, -0.2) is 0 Å². The SMILES string of the molecule is Cc1ccc(C(O)=C(C(=S)Nc2ccc(OC(F)F)cc2)[n+]2ccc(C(C)(C)C)cc2)cc1C. The lowest BCUT2D eigenvalue weighted by Gasteiger charge is -2.18. The minimum atomic E-state index is -2.89. The fraction of sp³-hybridized carbons (Fsp3) is 0.259. The van der Waals surface area contributed by atoms with E-state index in [2.05, 4.69) is 30.8 Å². The van der Waals surface area contributed by atoms with Gasteiger partial charge in [0.15, 0.2) is 23.1 Å². The van der Waals surface area contributed by atoms with E-state index in [1.807, 2.05) is 56.6 Å². The lowest BCUT2D eigenvalue weighted by atomic mass is 9.88. The lowest BCUT2D eigenvalue weighted by molar-refractivity contribution is -0.575. The van der Waals surface area contributed by atoms with E-state index in [1.165, 1.54) is 12.1 Å². The van der Waals surface area contributed by atoms with E-state index >= 15 is 0 Å². The predicted molar refractivity (Wildman–Crippen MR) is 136 cm³/mol. The topological polar surface area (TPSA) is 45.4 Å². The van der Waals surface area contributed by atoms with Crippen LogP contribution in [0.2, 0.25) is 0 Å². The zero-order valence-electron chi connectivity index (χ0n) is 19.9. The molecule has 1 aromatic heterocycles. The van der Waals surface area contributed by atoms with Crippen molar-refractivity contribution in [2.45, 2.75) is 46.6 Å². The van der Waals surface area contributed by atoms with Crippen molar-refractivity contribution in [1.29, 1.82) is 0 Å². The number of hydrogen-bond acceptors (Lipinski definition) is 3. The van der Waals surface area contributed by atoms with Gasteiger partial charge in [-0.05, 0) is 66.3 Å². The van der Waals surface area contributed by atoms with Gasteiger partial charge in [-0.2, -0.15) is 13.3 Å². The van der Waals surface area contributed by atoms with Crippen molar-refractivity contribution < 1.29 is 23.2 Å². The Balaban J connectivity index is 2.02. The molecular weight excluding hydrogens is 454 g/mol. The number of aliphatic hydroxyl groups excluding tert-OH is 1. The Morgan fingerprint density at radius 3 is 2.12 bits per heavy atom. The Morgan fingerprint density at radius 1 is 0.971 bits per heavy atom. The van der Waals surface area contributed by atoms with Crippen LogP contribution < -0.4 is 14.6 Å². The first-order valence-corrected chi connectivity index (χ1v) is 11.3. The van der Waals surface area contributed by atoms with Crippen LogP contribution >= 0.6 is 12.2 Å². The highest BCUT2D eigenvalue weighted by atomic mass is 32.1. The number of anilines is 1. The third kappa shape index (κ3) is 6.17. The number of aliphatic hydroxyl groups is 1. The Hall–Kier alpha value is -3.32. The molecule has 2 aromatic carbocycles. The van der Waals surface area contributed by atoms with Gasteiger partial charge in [0.1, 0.15) is 5.75 Å². The second-order valence-electron chi connectivity index (χ2n) is 9.10. The molecule has 3 aromatic rings. The summed E-state index contributed by atoms with van der Waals surface area (Å²) in [6.45, 7) is 7.48. The molecule has 0 amide bonds. The van der Waals surface area contributed by atoms with Crippen LogP contribution in [0, 0.1) is 13.8 Å². The molecule has 1 heterocycles. The van der Waals surface area contributed by atoms with Gasteiger partial charge in [0, 0.05) is 23.4 Å². The molecule has 2 N–H and O–H groups in total. The van der Waals surface area contributed by atoms with Gasteiger partial charge in [0.05, 0.1) is 0 Å². The number of ether oxygens (including phenoxy) is 1. The van der Waals surface area contributed by atoms with Gasteiger partial charge in [0.2, 0.25) is 0 Å². The van der Waals surface area contributed by atoms with Gasteiger partial charge < -0.3 is 15.2 Å². The Morgan fingerprint density at radius 2 is 1.59 bits per heavy atom. The van der Waals surface area contributed by atoms with Crippen molar-refractivity contribution in [3.63, 3.8) is 0 Å². The maximum Gasteiger partial charge on any atom is 0.387 e. The number of pyridine rings is 1. The van der Waals surface area contributed by atoms with E-state index in [9.17, 15) is 13.9 Å². The van der Waals surface area contributed by atoms with Crippen LogP contribution in [0.3, 0.4) is 0 Å². The number of nitrogens with zero attached hydrogens (tertiary/aromatic N) is 1. The maximum atomic E-state index is 12.4. The largest absolute Gasteiger partial charge is 0.502 e. The molecule has 0 atom stereocenters. The van der Waals surface area contributed by atoms with E-state index in [1.54, 1.807) is 16.7 Å². The molecule has 0 aliphatic carbocycles. The average Bonchev–Trinajstić information content (AvgIpc) is 2.76. The van der Waals surface area contributed by atoms with E-state index < -0.39 is 6.61 Å². The molecule has 0 spiro atoms. The smallest absolute Gasteiger partial charge is 0.387 e. The fourth-order valence-electron chi connectivity index (χ4n) is 3.36. The van der Waals surface area contributed by atoms with Crippen LogP contribution in [0.1, 0.15) is 43.0 Å². The summed E-state index contributed by atoms with van der Waals surface area (Å²) in [5.41, 5.74) is 4.88. The first kappa shape index (κ1) is 25.3. The number of rotatable bonds is 6. The molecular formula is C27H29F2N2O2S+. The second-order valence-corrected chi connectivity index (χ2v) is 9.51. The van der Waals surface area contributed by atoms with Crippen LogP contribution in [0.15, 0.2) is 67.0 Å². The highest BCUT2D eigenvalue weighted by Crippen LogP contribution is 2.24. The van der Waals surface area contributed by atoms with Crippen molar-refractivity contribution in [2.75, 3.05) is 5.32 Å². The summed E-state index contributed by atoms with van der Waals surface area (Å²) < 4.78 is 31.0. The normalized spacial score (nSPS) is 12.4. The molecule has 0 unspecified atom stereocenters. The van der Waals surface area contributed by atoms with Crippen molar-refractivity contribution in [1.82, 2.24) is 0 Å². The highest BCUT2D eigenvalue weighted by molar-refractivity contribution is 7.81. The fourth-order valence-corrected chi connectivity index (χ4v) is 3.68. The van der Waals surface area contributed by atoms with Crippen LogP contribution in [0.25, 0.3) is 11.5 Å². The number of halogens is 2. The third-order valence-electron chi connectivity index (χ3n) is 5.51. The summed E-state index contributed by atoms with van der Waals surface area (Å²) in [4.78, 5) is 0.270. The highest BCUT2D eigenvalue weighted by Gasteiger charge is 2.25. The molecule has 0 radical (unpaired) electrons. The zero-order chi connectivity index (χ0) is 25.0. The Labute approximate surface area is 204 Å². The van der Waals surface area contributed by atoms with Crippen molar-refractivity contribution in [2.24, 2.45) is 0 Å². The number of benzene rings is 2. The number of alkyl halides is 2. The molecule has 34 heavy (non-hydrogen) atoms. The van der Waals surface area contributed by atoms with E-state index in [4.69, 9.17) is 12.2 Å². The van der Waals surface area contributed by atoms with Crippen LogP contribution in [0.5, 0.6) is 5.75 Å². The molecule has 178 valence electrons. The average molecular weight is 484 g/mol. The standard InChI is InChI=1S/C27H28F2N2O2S/c1-17-6-7-19(16-18(17)2)24(32)23(31-14-12-20(13-15-31)27(3,4)5)25(34)30-21-8-10-22(11-9-21)33-26(28)29/h6-16,26H,1-5H3,(H-,30,32,34)/p+1. The molecule has 0 aliphatic rings. The number of nitrogens with one attached hydrogen (secondary N) is 1.